The molecule has 2 amide bonds. The molecule has 0 saturated carbocycles. The van der Waals surface area contributed by atoms with Crippen LogP contribution in [-0.4, -0.2) is 23.1 Å². The highest BCUT2D eigenvalue weighted by Crippen LogP contribution is 2.18. The van der Waals surface area contributed by atoms with Crippen molar-refractivity contribution >= 4 is 17.7 Å². The summed E-state index contributed by atoms with van der Waals surface area (Å²) in [6, 6.07) is 2.45. The fourth-order valence-electron chi connectivity index (χ4n) is 1.42. The van der Waals surface area contributed by atoms with Crippen molar-refractivity contribution in [1.29, 1.82) is 0 Å². The molecule has 1 aromatic rings. The van der Waals surface area contributed by atoms with E-state index in [1.54, 1.807) is 6.92 Å². The Morgan fingerprint density at radius 3 is 2.74 bits per heavy atom. The zero-order valence-corrected chi connectivity index (χ0v) is 10.2. The van der Waals surface area contributed by atoms with Crippen LogP contribution in [-0.2, 0) is 0 Å². The number of rotatable bonds is 4. The standard InChI is InChI=1S/C13H13FN2O3/c1-3-8(4-2)15-13(19)16-10-7-5-6-9(14)11(10)12(17)18/h1,5-8H,4H2,2H3,(H,17,18)(H2,15,16,19). The molecule has 6 heteroatoms. The number of carbonyl (C=O) groups is 2. The minimum Gasteiger partial charge on any atom is -0.478 e. The number of carboxylic acid groups (broad SMARTS) is 1. The zero-order valence-electron chi connectivity index (χ0n) is 10.2. The molecule has 5 nitrogen and oxygen atoms in total. The lowest BCUT2D eigenvalue weighted by Crippen LogP contribution is -2.37. The van der Waals surface area contributed by atoms with E-state index in [4.69, 9.17) is 11.5 Å². The maximum Gasteiger partial charge on any atom is 0.340 e. The minimum absolute atomic E-state index is 0.128. The second-order valence-electron chi connectivity index (χ2n) is 3.69. The number of benzene rings is 1. The number of halogens is 1. The van der Waals surface area contributed by atoms with E-state index >= 15 is 0 Å². The number of aromatic carboxylic acids is 1. The van der Waals surface area contributed by atoms with E-state index in [1.807, 2.05) is 0 Å². The first-order chi connectivity index (χ1) is 8.99. The minimum atomic E-state index is -1.46. The van der Waals surface area contributed by atoms with Gasteiger partial charge in [-0.3, -0.25) is 0 Å². The molecule has 0 aliphatic heterocycles. The van der Waals surface area contributed by atoms with Crippen LogP contribution < -0.4 is 10.6 Å². The second kappa shape index (κ2) is 6.40. The van der Waals surface area contributed by atoms with E-state index in [0.29, 0.717) is 6.42 Å². The van der Waals surface area contributed by atoms with E-state index in [-0.39, 0.29) is 5.69 Å². The van der Waals surface area contributed by atoms with Crippen molar-refractivity contribution in [2.45, 2.75) is 19.4 Å². The molecule has 1 unspecified atom stereocenters. The highest BCUT2D eigenvalue weighted by atomic mass is 19.1. The Kier molecular flexibility index (Phi) is 4.89. The van der Waals surface area contributed by atoms with Gasteiger partial charge in [0.2, 0.25) is 0 Å². The molecule has 1 atom stereocenters. The third-order valence-corrected chi connectivity index (χ3v) is 2.39. The first kappa shape index (κ1) is 14.5. The number of carbonyl (C=O) groups excluding carboxylic acids is 1. The Hall–Kier alpha value is -2.55. The molecule has 19 heavy (non-hydrogen) atoms. The normalized spacial score (nSPS) is 11.2. The summed E-state index contributed by atoms with van der Waals surface area (Å²) < 4.78 is 13.4. The third-order valence-electron chi connectivity index (χ3n) is 2.39. The monoisotopic (exact) mass is 264 g/mol. The number of nitrogens with one attached hydrogen (secondary N) is 2. The van der Waals surface area contributed by atoms with Crippen LogP contribution in [0, 0.1) is 18.2 Å². The number of amides is 2. The summed E-state index contributed by atoms with van der Waals surface area (Å²) in [6.45, 7) is 1.79. The quantitative estimate of drug-likeness (QED) is 0.728. The Morgan fingerprint density at radius 2 is 2.21 bits per heavy atom. The van der Waals surface area contributed by atoms with Crippen molar-refractivity contribution in [1.82, 2.24) is 5.32 Å². The third kappa shape index (κ3) is 3.71. The van der Waals surface area contributed by atoms with Gasteiger partial charge in [-0.15, -0.1) is 6.42 Å². The lowest BCUT2D eigenvalue weighted by molar-refractivity contribution is 0.0693. The Morgan fingerprint density at radius 1 is 1.53 bits per heavy atom. The molecule has 0 radical (unpaired) electrons. The number of terminal acetylenes is 1. The molecule has 3 N–H and O–H groups in total. The first-order valence-corrected chi connectivity index (χ1v) is 5.55. The summed E-state index contributed by atoms with van der Waals surface area (Å²) in [5.41, 5.74) is -0.719. The average molecular weight is 264 g/mol. The summed E-state index contributed by atoms with van der Waals surface area (Å²) in [7, 11) is 0. The van der Waals surface area contributed by atoms with Crippen molar-refractivity contribution in [3.63, 3.8) is 0 Å². The van der Waals surface area contributed by atoms with Gasteiger partial charge in [0.1, 0.15) is 11.4 Å². The van der Waals surface area contributed by atoms with Crippen LogP contribution in [0.2, 0.25) is 0 Å². The van der Waals surface area contributed by atoms with Crippen molar-refractivity contribution < 1.29 is 19.1 Å². The fraction of sp³-hybridized carbons (Fsp3) is 0.231. The average Bonchev–Trinajstić information content (AvgIpc) is 2.35. The number of urea groups is 1. The van der Waals surface area contributed by atoms with Gasteiger partial charge < -0.3 is 15.7 Å². The Bertz CT molecular complexity index is 537. The first-order valence-electron chi connectivity index (χ1n) is 5.55. The Balaban J connectivity index is 2.89. The number of carboxylic acids is 1. The molecule has 0 aliphatic rings. The van der Waals surface area contributed by atoms with Crippen LogP contribution in [0.1, 0.15) is 23.7 Å². The van der Waals surface area contributed by atoms with Gasteiger partial charge >= 0.3 is 12.0 Å². The molecule has 100 valence electrons. The van der Waals surface area contributed by atoms with E-state index in [9.17, 15) is 14.0 Å². The molecule has 1 rings (SSSR count). The van der Waals surface area contributed by atoms with Crippen LogP contribution in [0.15, 0.2) is 18.2 Å². The second-order valence-corrected chi connectivity index (χ2v) is 3.69. The van der Waals surface area contributed by atoms with Gasteiger partial charge in [0.05, 0.1) is 11.7 Å². The van der Waals surface area contributed by atoms with Crippen molar-refractivity contribution in [2.24, 2.45) is 0 Å². The predicted octanol–water partition coefficient (Wildman–Crippen LogP) is 2.06. The summed E-state index contributed by atoms with van der Waals surface area (Å²) >= 11 is 0. The van der Waals surface area contributed by atoms with Crippen LogP contribution in [0.4, 0.5) is 14.9 Å². The van der Waals surface area contributed by atoms with Gasteiger partial charge in [0, 0.05) is 0 Å². The SMILES string of the molecule is C#CC(CC)NC(=O)Nc1cccc(F)c1C(=O)O. The maximum atomic E-state index is 13.4. The van der Waals surface area contributed by atoms with Crippen LogP contribution in [0.25, 0.3) is 0 Å². The van der Waals surface area contributed by atoms with E-state index in [1.165, 1.54) is 12.1 Å². The van der Waals surface area contributed by atoms with Crippen LogP contribution in [0.3, 0.4) is 0 Å². The van der Waals surface area contributed by atoms with E-state index in [0.717, 1.165) is 6.07 Å². The predicted molar refractivity (Wildman–Crippen MR) is 68.4 cm³/mol. The van der Waals surface area contributed by atoms with Gasteiger partial charge in [-0.2, -0.15) is 0 Å². The topological polar surface area (TPSA) is 78.4 Å². The molecule has 0 spiro atoms. The molecule has 0 heterocycles. The van der Waals surface area contributed by atoms with Gasteiger partial charge in [-0.25, -0.2) is 14.0 Å². The van der Waals surface area contributed by atoms with Crippen LogP contribution >= 0.6 is 0 Å². The van der Waals surface area contributed by atoms with Crippen molar-refractivity contribution in [2.75, 3.05) is 5.32 Å². The zero-order chi connectivity index (χ0) is 14.4. The van der Waals surface area contributed by atoms with Crippen molar-refractivity contribution in [3.8, 4) is 12.3 Å². The number of anilines is 1. The van der Waals surface area contributed by atoms with Crippen LogP contribution in [0.5, 0.6) is 0 Å². The molecule has 0 bridgehead atoms. The fourth-order valence-corrected chi connectivity index (χ4v) is 1.42. The molecule has 0 aromatic heterocycles. The molecule has 0 saturated heterocycles. The molecular formula is C13H13FN2O3. The molecule has 0 aliphatic carbocycles. The van der Waals surface area contributed by atoms with E-state index in [2.05, 4.69) is 16.6 Å². The largest absolute Gasteiger partial charge is 0.478 e. The van der Waals surface area contributed by atoms with Gasteiger partial charge in [-0.1, -0.05) is 18.9 Å². The van der Waals surface area contributed by atoms with E-state index < -0.39 is 29.4 Å². The van der Waals surface area contributed by atoms with Gasteiger partial charge in [0.15, 0.2) is 0 Å². The van der Waals surface area contributed by atoms with Crippen molar-refractivity contribution in [3.05, 3.63) is 29.6 Å². The summed E-state index contributed by atoms with van der Waals surface area (Å²) in [4.78, 5) is 22.5. The summed E-state index contributed by atoms with van der Waals surface area (Å²) in [5.74, 6) is -0.0279. The molecule has 0 fully saturated rings. The summed E-state index contributed by atoms with van der Waals surface area (Å²) in [5, 5.41) is 13.6. The van der Waals surface area contributed by atoms with Gasteiger partial charge in [-0.05, 0) is 18.6 Å². The molecular weight excluding hydrogens is 251 g/mol. The smallest absolute Gasteiger partial charge is 0.340 e. The highest BCUT2D eigenvalue weighted by molar-refractivity contribution is 6.00. The number of hydrogen-bond donors (Lipinski definition) is 3. The summed E-state index contributed by atoms with van der Waals surface area (Å²) in [6.07, 6.45) is 5.71. The molecule has 1 aromatic carbocycles. The maximum absolute atomic E-state index is 13.4. The lowest BCUT2D eigenvalue weighted by atomic mass is 10.1. The Labute approximate surface area is 109 Å². The number of hydrogen-bond acceptors (Lipinski definition) is 2. The highest BCUT2D eigenvalue weighted by Gasteiger charge is 2.17. The van der Waals surface area contributed by atoms with Gasteiger partial charge in [0.25, 0.3) is 0 Å². The lowest BCUT2D eigenvalue weighted by Gasteiger charge is -2.13.